The zero-order valence-corrected chi connectivity index (χ0v) is 12.9. The lowest BCUT2D eigenvalue weighted by Gasteiger charge is -2.03. The van der Waals surface area contributed by atoms with Crippen molar-refractivity contribution >= 4 is 10.9 Å². The summed E-state index contributed by atoms with van der Waals surface area (Å²) in [4.78, 5) is 4.52. The number of pyridine rings is 1. The van der Waals surface area contributed by atoms with Gasteiger partial charge in [0.1, 0.15) is 0 Å². The summed E-state index contributed by atoms with van der Waals surface area (Å²) >= 11 is 0. The van der Waals surface area contributed by atoms with Gasteiger partial charge in [0.05, 0.1) is 17.8 Å². The van der Waals surface area contributed by atoms with Crippen LogP contribution in [-0.4, -0.2) is 11.6 Å². The van der Waals surface area contributed by atoms with Gasteiger partial charge in [0.2, 0.25) is 0 Å². The van der Waals surface area contributed by atoms with Gasteiger partial charge < -0.3 is 4.74 Å². The Kier molecular flexibility index (Phi) is 10.8. The second kappa shape index (κ2) is 11.7. The van der Waals surface area contributed by atoms with E-state index in [1.165, 1.54) is 5.39 Å². The van der Waals surface area contributed by atoms with E-state index in [4.69, 9.17) is 4.74 Å². The summed E-state index contributed by atoms with van der Waals surface area (Å²) in [6, 6.07) is 12.2. The highest BCUT2D eigenvalue weighted by molar-refractivity contribution is 5.78. The van der Waals surface area contributed by atoms with Crippen molar-refractivity contribution in [2.45, 2.75) is 47.6 Å². The summed E-state index contributed by atoms with van der Waals surface area (Å²) < 4.78 is 5.46. The number of aromatic nitrogens is 1. The van der Waals surface area contributed by atoms with E-state index < -0.39 is 0 Å². The van der Waals surface area contributed by atoms with Crippen LogP contribution in [0.3, 0.4) is 0 Å². The molecule has 0 saturated heterocycles. The van der Waals surface area contributed by atoms with E-state index in [9.17, 15) is 0 Å². The van der Waals surface area contributed by atoms with Crippen LogP contribution in [-0.2, 0) is 11.3 Å². The van der Waals surface area contributed by atoms with Gasteiger partial charge in [-0.1, -0.05) is 58.9 Å². The average molecular weight is 261 g/mol. The topological polar surface area (TPSA) is 22.1 Å². The molecule has 0 spiro atoms. The summed E-state index contributed by atoms with van der Waals surface area (Å²) in [6.45, 7) is 11.5. The molecule has 0 fully saturated rings. The molecule has 0 unspecified atom stereocenters. The van der Waals surface area contributed by atoms with E-state index in [1.807, 2.05) is 52.0 Å². The molecule has 0 aliphatic rings. The molecule has 0 bridgehead atoms. The quantitative estimate of drug-likeness (QED) is 0.704. The Bertz CT molecular complexity index is 440. The van der Waals surface area contributed by atoms with Gasteiger partial charge in [0, 0.05) is 12.0 Å². The third-order valence-corrected chi connectivity index (χ3v) is 2.25. The first-order chi connectivity index (χ1) is 9.40. The number of fused-ring (bicyclic) bond motifs is 1. The van der Waals surface area contributed by atoms with Crippen LogP contribution in [0.25, 0.3) is 10.9 Å². The number of hydrogen-bond acceptors (Lipinski definition) is 2. The largest absolute Gasteiger partial charge is 0.375 e. The van der Waals surface area contributed by atoms with Crippen molar-refractivity contribution in [1.29, 1.82) is 0 Å². The molecule has 0 saturated carbocycles. The number of benzene rings is 1. The molecular weight excluding hydrogens is 234 g/mol. The molecule has 106 valence electrons. The second-order valence-corrected chi connectivity index (χ2v) is 3.55. The van der Waals surface area contributed by atoms with E-state index in [-0.39, 0.29) is 0 Å². The van der Waals surface area contributed by atoms with Crippen LogP contribution in [0.15, 0.2) is 36.4 Å². The van der Waals surface area contributed by atoms with Crippen molar-refractivity contribution in [2.75, 3.05) is 6.61 Å². The minimum absolute atomic E-state index is 0.610. The maximum atomic E-state index is 5.46. The summed E-state index contributed by atoms with van der Waals surface area (Å²) in [5, 5.41) is 1.18. The molecule has 0 radical (unpaired) electrons. The zero-order chi connectivity index (χ0) is 14.5. The van der Waals surface area contributed by atoms with Crippen LogP contribution in [0.2, 0.25) is 0 Å². The van der Waals surface area contributed by atoms with Crippen molar-refractivity contribution in [3.05, 3.63) is 42.1 Å². The fourth-order valence-corrected chi connectivity index (χ4v) is 1.51. The Morgan fingerprint density at radius 1 is 0.947 bits per heavy atom. The van der Waals surface area contributed by atoms with Crippen LogP contribution in [0.1, 0.15) is 46.7 Å². The molecule has 2 nitrogen and oxygen atoms in total. The zero-order valence-electron chi connectivity index (χ0n) is 12.9. The second-order valence-electron chi connectivity index (χ2n) is 3.55. The highest BCUT2D eigenvalue weighted by atomic mass is 16.5. The molecule has 0 aliphatic carbocycles. The summed E-state index contributed by atoms with van der Waals surface area (Å²) in [6.07, 6.45) is 1.05. The van der Waals surface area contributed by atoms with Crippen molar-refractivity contribution in [1.82, 2.24) is 4.98 Å². The van der Waals surface area contributed by atoms with Gasteiger partial charge in [-0.2, -0.15) is 0 Å². The van der Waals surface area contributed by atoms with Gasteiger partial charge >= 0.3 is 0 Å². The molecule has 0 atom stereocenters. The lowest BCUT2D eigenvalue weighted by atomic mass is 10.2. The van der Waals surface area contributed by atoms with Gasteiger partial charge in [0.15, 0.2) is 0 Å². The molecule has 1 aromatic carbocycles. The SMILES string of the molecule is CC.CC.CCCOCc1ccc2ccccc2n1. The number of nitrogens with zero attached hydrogens (tertiary/aromatic N) is 1. The Balaban J connectivity index is 0.000000741. The molecular formula is C17H27NO. The molecule has 0 amide bonds. The Labute approximate surface area is 117 Å². The number of ether oxygens (including phenoxy) is 1. The first-order valence-corrected chi connectivity index (χ1v) is 7.32. The lowest BCUT2D eigenvalue weighted by molar-refractivity contribution is 0.119. The highest BCUT2D eigenvalue weighted by Gasteiger charge is 1.97. The predicted octanol–water partition coefficient (Wildman–Crippen LogP) is 5.21. The van der Waals surface area contributed by atoms with Crippen molar-refractivity contribution in [3.63, 3.8) is 0 Å². The average Bonchev–Trinajstić information content (AvgIpc) is 2.51. The highest BCUT2D eigenvalue weighted by Crippen LogP contribution is 2.12. The molecule has 0 N–H and O–H groups in total. The van der Waals surface area contributed by atoms with Gasteiger partial charge in [-0.05, 0) is 18.6 Å². The van der Waals surface area contributed by atoms with Gasteiger partial charge in [-0.3, -0.25) is 4.98 Å². The number of para-hydroxylation sites is 1. The van der Waals surface area contributed by atoms with Crippen LogP contribution >= 0.6 is 0 Å². The van der Waals surface area contributed by atoms with E-state index in [0.29, 0.717) is 6.61 Å². The van der Waals surface area contributed by atoms with Gasteiger partial charge in [-0.25, -0.2) is 0 Å². The van der Waals surface area contributed by atoms with Crippen molar-refractivity contribution < 1.29 is 4.74 Å². The van der Waals surface area contributed by atoms with Crippen LogP contribution in [0.4, 0.5) is 0 Å². The summed E-state index contributed by atoms with van der Waals surface area (Å²) in [5.41, 5.74) is 2.04. The first-order valence-electron chi connectivity index (χ1n) is 7.32. The number of rotatable bonds is 4. The molecule has 1 heterocycles. The predicted molar refractivity (Wildman–Crippen MR) is 84.4 cm³/mol. The minimum Gasteiger partial charge on any atom is -0.375 e. The van der Waals surface area contributed by atoms with Crippen LogP contribution < -0.4 is 0 Å². The molecule has 1 aromatic heterocycles. The standard InChI is InChI=1S/C13H15NO.2C2H6/c1-2-9-15-10-12-8-7-11-5-3-4-6-13(11)14-12;2*1-2/h3-8H,2,9-10H2,1H3;2*1-2H3. The van der Waals surface area contributed by atoms with E-state index >= 15 is 0 Å². The summed E-state index contributed by atoms with van der Waals surface area (Å²) in [5.74, 6) is 0. The maximum Gasteiger partial charge on any atom is 0.0888 e. The van der Waals surface area contributed by atoms with E-state index in [0.717, 1.165) is 24.2 Å². The minimum atomic E-state index is 0.610. The molecule has 2 rings (SSSR count). The molecule has 0 aliphatic heterocycles. The summed E-state index contributed by atoms with van der Waals surface area (Å²) in [7, 11) is 0. The van der Waals surface area contributed by atoms with Crippen LogP contribution in [0, 0.1) is 0 Å². The van der Waals surface area contributed by atoms with Crippen molar-refractivity contribution in [2.24, 2.45) is 0 Å². The van der Waals surface area contributed by atoms with Crippen molar-refractivity contribution in [3.8, 4) is 0 Å². The Hall–Kier alpha value is -1.41. The molecule has 2 aromatic rings. The molecule has 2 heteroatoms. The molecule has 19 heavy (non-hydrogen) atoms. The van der Waals surface area contributed by atoms with Crippen LogP contribution in [0.5, 0.6) is 0 Å². The van der Waals surface area contributed by atoms with E-state index in [1.54, 1.807) is 0 Å². The Morgan fingerprint density at radius 3 is 2.32 bits per heavy atom. The van der Waals surface area contributed by atoms with E-state index in [2.05, 4.69) is 24.0 Å². The number of hydrogen-bond donors (Lipinski definition) is 0. The van der Waals surface area contributed by atoms with Gasteiger partial charge in [-0.15, -0.1) is 0 Å². The fourth-order valence-electron chi connectivity index (χ4n) is 1.51. The normalized spacial score (nSPS) is 9.11. The lowest BCUT2D eigenvalue weighted by Crippen LogP contribution is -1.96. The Morgan fingerprint density at radius 2 is 1.63 bits per heavy atom. The third kappa shape index (κ3) is 6.35. The first kappa shape index (κ1) is 17.6. The van der Waals surface area contributed by atoms with Gasteiger partial charge in [0.25, 0.3) is 0 Å². The third-order valence-electron chi connectivity index (χ3n) is 2.25. The maximum absolute atomic E-state index is 5.46. The monoisotopic (exact) mass is 261 g/mol. The fraction of sp³-hybridized carbons (Fsp3) is 0.471. The smallest absolute Gasteiger partial charge is 0.0888 e.